The van der Waals surface area contributed by atoms with Gasteiger partial charge < -0.3 is 10.3 Å². The highest BCUT2D eigenvalue weighted by molar-refractivity contribution is 7.20. The highest BCUT2D eigenvalue weighted by Gasteiger charge is 2.17. The Morgan fingerprint density at radius 2 is 2.00 bits per heavy atom. The molecule has 0 spiro atoms. The van der Waals surface area contributed by atoms with Crippen molar-refractivity contribution in [3.05, 3.63) is 76.8 Å². The van der Waals surface area contributed by atoms with E-state index in [0.29, 0.717) is 17.2 Å². The van der Waals surface area contributed by atoms with E-state index in [4.69, 9.17) is 0 Å². The zero-order chi connectivity index (χ0) is 20.0. The van der Waals surface area contributed by atoms with E-state index in [2.05, 4.69) is 20.4 Å². The first-order valence-electron chi connectivity index (χ1n) is 9.05. The van der Waals surface area contributed by atoms with Crippen molar-refractivity contribution in [2.75, 3.05) is 0 Å². The summed E-state index contributed by atoms with van der Waals surface area (Å²) in [4.78, 5) is 21.8. The average molecular weight is 405 g/mol. The van der Waals surface area contributed by atoms with E-state index < -0.39 is 0 Å². The first kappa shape index (κ1) is 17.6. The second-order valence-corrected chi connectivity index (χ2v) is 7.72. The number of benzene rings is 2. The summed E-state index contributed by atoms with van der Waals surface area (Å²) in [7, 11) is 0. The summed E-state index contributed by atoms with van der Waals surface area (Å²) < 4.78 is 15.0. The number of aryl methyl sites for hydroxylation is 1. The first-order chi connectivity index (χ1) is 14.1. The number of halogens is 1. The standard InChI is InChI=1S/C21H16FN5OS/c1-12-15-10-18(29-21(15)27(26-12)14-8-6-13(22)7-9-14)20(28)23-11-19-24-16-4-2-3-5-17(16)25-19/h2-10H,11H2,1H3,(H,23,28)(H,24,25). The molecular formula is C21H16FN5OS. The number of fused-ring (bicyclic) bond motifs is 2. The van der Waals surface area contributed by atoms with E-state index in [1.807, 2.05) is 37.3 Å². The van der Waals surface area contributed by atoms with Gasteiger partial charge in [-0.3, -0.25) is 4.79 Å². The monoisotopic (exact) mass is 405 g/mol. The van der Waals surface area contributed by atoms with Crippen molar-refractivity contribution < 1.29 is 9.18 Å². The second-order valence-electron chi connectivity index (χ2n) is 6.69. The maximum absolute atomic E-state index is 13.2. The van der Waals surface area contributed by atoms with Gasteiger partial charge in [0.1, 0.15) is 16.5 Å². The molecule has 29 heavy (non-hydrogen) atoms. The molecule has 0 fully saturated rings. The van der Waals surface area contributed by atoms with Gasteiger partial charge in [-0.2, -0.15) is 5.10 Å². The fraction of sp³-hybridized carbons (Fsp3) is 0.0952. The number of carbonyl (C=O) groups excluding carboxylic acids is 1. The Bertz CT molecular complexity index is 1320. The quantitative estimate of drug-likeness (QED) is 0.467. The Morgan fingerprint density at radius 3 is 2.79 bits per heavy atom. The van der Waals surface area contributed by atoms with Crippen molar-refractivity contribution in [1.82, 2.24) is 25.1 Å². The molecule has 0 radical (unpaired) electrons. The topological polar surface area (TPSA) is 75.6 Å². The summed E-state index contributed by atoms with van der Waals surface area (Å²) in [5.41, 5.74) is 3.37. The van der Waals surface area contributed by atoms with Crippen LogP contribution in [0.4, 0.5) is 4.39 Å². The zero-order valence-corrected chi connectivity index (χ0v) is 16.3. The number of hydrogen-bond donors (Lipinski definition) is 2. The van der Waals surface area contributed by atoms with Gasteiger partial charge in [0.05, 0.1) is 33.8 Å². The molecule has 0 aliphatic rings. The lowest BCUT2D eigenvalue weighted by Gasteiger charge is -2.02. The Kier molecular flexibility index (Phi) is 4.13. The van der Waals surface area contributed by atoms with Crippen LogP contribution in [0.1, 0.15) is 21.2 Å². The lowest BCUT2D eigenvalue weighted by atomic mass is 10.3. The van der Waals surface area contributed by atoms with Crippen LogP contribution in [0.25, 0.3) is 26.9 Å². The molecule has 0 saturated heterocycles. The number of nitrogens with one attached hydrogen (secondary N) is 2. The van der Waals surface area contributed by atoms with Crippen LogP contribution in [-0.4, -0.2) is 25.7 Å². The van der Waals surface area contributed by atoms with Crippen LogP contribution in [0.2, 0.25) is 0 Å². The Labute approximate surface area is 169 Å². The predicted octanol–water partition coefficient (Wildman–Crippen LogP) is 4.34. The molecule has 0 aliphatic carbocycles. The number of aromatic amines is 1. The first-order valence-corrected chi connectivity index (χ1v) is 9.87. The number of thiophene rings is 1. The van der Waals surface area contributed by atoms with Crippen LogP contribution < -0.4 is 5.32 Å². The van der Waals surface area contributed by atoms with Crippen LogP contribution in [0, 0.1) is 12.7 Å². The fourth-order valence-corrected chi connectivity index (χ4v) is 4.36. The lowest BCUT2D eigenvalue weighted by molar-refractivity contribution is 0.0954. The smallest absolute Gasteiger partial charge is 0.261 e. The summed E-state index contributed by atoms with van der Waals surface area (Å²) in [6.07, 6.45) is 0. The number of nitrogens with zero attached hydrogens (tertiary/aromatic N) is 3. The third kappa shape index (κ3) is 3.17. The minimum absolute atomic E-state index is 0.170. The van der Waals surface area contributed by atoms with E-state index in [1.54, 1.807) is 16.8 Å². The summed E-state index contributed by atoms with van der Waals surface area (Å²) >= 11 is 1.36. The molecule has 5 aromatic rings. The third-order valence-electron chi connectivity index (χ3n) is 4.69. The molecule has 0 aliphatic heterocycles. The molecule has 5 rings (SSSR count). The van der Waals surface area contributed by atoms with Gasteiger partial charge in [0.2, 0.25) is 0 Å². The summed E-state index contributed by atoms with van der Waals surface area (Å²) in [6.45, 7) is 2.20. The van der Waals surface area contributed by atoms with E-state index >= 15 is 0 Å². The number of hydrogen-bond acceptors (Lipinski definition) is 4. The fourth-order valence-electron chi connectivity index (χ4n) is 3.26. The van der Waals surface area contributed by atoms with Gasteiger partial charge in [0.25, 0.3) is 5.91 Å². The number of aromatic nitrogens is 4. The Hall–Kier alpha value is -3.52. The molecule has 0 unspecified atom stereocenters. The Morgan fingerprint density at radius 1 is 1.21 bits per heavy atom. The maximum Gasteiger partial charge on any atom is 0.261 e. The number of amides is 1. The predicted molar refractivity (Wildman–Crippen MR) is 111 cm³/mol. The van der Waals surface area contributed by atoms with Gasteiger partial charge in [0.15, 0.2) is 0 Å². The molecule has 0 atom stereocenters. The normalized spacial score (nSPS) is 11.4. The molecule has 2 aromatic carbocycles. The molecule has 144 valence electrons. The molecular weight excluding hydrogens is 389 g/mol. The van der Waals surface area contributed by atoms with Crippen LogP contribution in [-0.2, 0) is 6.54 Å². The second kappa shape index (κ2) is 6.82. The van der Waals surface area contributed by atoms with Gasteiger partial charge >= 0.3 is 0 Å². The van der Waals surface area contributed by atoms with Gasteiger partial charge in [-0.05, 0) is 49.4 Å². The largest absolute Gasteiger partial charge is 0.344 e. The van der Waals surface area contributed by atoms with E-state index in [9.17, 15) is 9.18 Å². The van der Waals surface area contributed by atoms with E-state index in [-0.39, 0.29) is 11.7 Å². The number of carbonyl (C=O) groups is 1. The van der Waals surface area contributed by atoms with E-state index in [1.165, 1.54) is 23.5 Å². The van der Waals surface area contributed by atoms with Gasteiger partial charge in [0, 0.05) is 5.39 Å². The average Bonchev–Trinajstić information content (AvgIpc) is 3.41. The summed E-state index contributed by atoms with van der Waals surface area (Å²) in [5, 5.41) is 8.35. The lowest BCUT2D eigenvalue weighted by Crippen LogP contribution is -2.22. The van der Waals surface area contributed by atoms with Crippen molar-refractivity contribution >= 4 is 38.5 Å². The van der Waals surface area contributed by atoms with Gasteiger partial charge in [-0.15, -0.1) is 11.3 Å². The zero-order valence-electron chi connectivity index (χ0n) is 15.4. The van der Waals surface area contributed by atoms with Gasteiger partial charge in [-0.1, -0.05) is 12.1 Å². The summed E-state index contributed by atoms with van der Waals surface area (Å²) in [5.74, 6) is 0.233. The summed E-state index contributed by atoms with van der Waals surface area (Å²) in [6, 6.07) is 15.7. The molecule has 2 N–H and O–H groups in total. The minimum atomic E-state index is -0.300. The van der Waals surface area contributed by atoms with Crippen LogP contribution in [0.5, 0.6) is 0 Å². The van der Waals surface area contributed by atoms with Crippen molar-refractivity contribution in [1.29, 1.82) is 0 Å². The maximum atomic E-state index is 13.2. The molecule has 0 saturated carbocycles. The SMILES string of the molecule is Cc1nn(-c2ccc(F)cc2)c2sc(C(=O)NCc3nc4ccccc4[nH]3)cc12. The number of imidazole rings is 1. The van der Waals surface area contributed by atoms with Crippen molar-refractivity contribution in [3.63, 3.8) is 0 Å². The highest BCUT2D eigenvalue weighted by atomic mass is 32.1. The molecule has 6 nitrogen and oxygen atoms in total. The third-order valence-corrected chi connectivity index (χ3v) is 5.80. The number of H-pyrrole nitrogens is 1. The van der Waals surface area contributed by atoms with Crippen molar-refractivity contribution in [2.24, 2.45) is 0 Å². The molecule has 1 amide bonds. The Balaban J connectivity index is 1.40. The molecule has 3 heterocycles. The minimum Gasteiger partial charge on any atom is -0.344 e. The number of para-hydroxylation sites is 2. The molecule has 0 bridgehead atoms. The van der Waals surface area contributed by atoms with Crippen LogP contribution in [0.15, 0.2) is 54.6 Å². The molecule has 3 aromatic heterocycles. The van der Waals surface area contributed by atoms with Crippen molar-refractivity contribution in [3.8, 4) is 5.69 Å². The van der Waals surface area contributed by atoms with E-state index in [0.717, 1.165) is 32.6 Å². The highest BCUT2D eigenvalue weighted by Crippen LogP contribution is 2.30. The number of rotatable bonds is 4. The van der Waals surface area contributed by atoms with Crippen molar-refractivity contribution in [2.45, 2.75) is 13.5 Å². The van der Waals surface area contributed by atoms with Crippen LogP contribution >= 0.6 is 11.3 Å². The van der Waals surface area contributed by atoms with Gasteiger partial charge in [-0.25, -0.2) is 14.1 Å². The molecule has 8 heteroatoms. The van der Waals surface area contributed by atoms with Crippen LogP contribution in [0.3, 0.4) is 0 Å².